The number of nitrogens with zero attached hydrogens (tertiary/aromatic N) is 3. The van der Waals surface area contributed by atoms with Crippen LogP contribution in [-0.2, 0) is 18.4 Å². The Morgan fingerprint density at radius 3 is 2.86 bits per heavy atom. The largest absolute Gasteiger partial charge is 0.486 e. The van der Waals surface area contributed by atoms with Crippen LogP contribution in [0.1, 0.15) is 11.4 Å². The number of carbonyl (C=O) groups excluding carboxylic acids is 1. The number of halogens is 2. The van der Waals surface area contributed by atoms with Crippen molar-refractivity contribution in [3.63, 3.8) is 0 Å². The maximum absolute atomic E-state index is 12.2. The summed E-state index contributed by atoms with van der Waals surface area (Å²) >= 11 is 10.7. The third-order valence-corrected chi connectivity index (χ3v) is 6.07. The monoisotopic (exact) mass is 480 g/mol. The molecule has 1 heterocycles. The second-order valence-electron chi connectivity index (χ2n) is 6.03. The molecule has 0 radical (unpaired) electrons. The Hall–Kier alpha value is -2.03. The van der Waals surface area contributed by atoms with Gasteiger partial charge in [-0.1, -0.05) is 35.5 Å². The minimum absolute atomic E-state index is 0.149. The highest BCUT2D eigenvalue weighted by molar-refractivity contribution is 9.10. The van der Waals surface area contributed by atoms with Crippen molar-refractivity contribution in [3.05, 3.63) is 63.3 Å². The summed E-state index contributed by atoms with van der Waals surface area (Å²) in [4.78, 5) is 12.2. The van der Waals surface area contributed by atoms with E-state index >= 15 is 0 Å². The van der Waals surface area contributed by atoms with Crippen molar-refractivity contribution < 1.29 is 9.53 Å². The smallest absolute Gasteiger partial charge is 0.234 e. The summed E-state index contributed by atoms with van der Waals surface area (Å²) in [6.07, 6.45) is 0. The van der Waals surface area contributed by atoms with Gasteiger partial charge in [0.25, 0.3) is 0 Å². The van der Waals surface area contributed by atoms with E-state index in [0.717, 1.165) is 15.8 Å². The predicted molar refractivity (Wildman–Crippen MR) is 115 cm³/mol. The second kappa shape index (κ2) is 9.45. The lowest BCUT2D eigenvalue weighted by molar-refractivity contribution is -0.113. The van der Waals surface area contributed by atoms with Crippen LogP contribution in [0.5, 0.6) is 5.75 Å². The lowest BCUT2D eigenvalue weighted by atomic mass is 10.2. The first-order valence-electron chi connectivity index (χ1n) is 8.38. The zero-order valence-electron chi connectivity index (χ0n) is 15.3. The number of carbonyl (C=O) groups is 1. The summed E-state index contributed by atoms with van der Waals surface area (Å²) in [6, 6.07) is 13.1. The summed E-state index contributed by atoms with van der Waals surface area (Å²) in [7, 11) is 1.85. The zero-order valence-corrected chi connectivity index (χ0v) is 18.4. The first-order valence-corrected chi connectivity index (χ1v) is 10.5. The molecular weight excluding hydrogens is 464 g/mol. The van der Waals surface area contributed by atoms with E-state index in [4.69, 9.17) is 16.3 Å². The Morgan fingerprint density at radius 2 is 2.11 bits per heavy atom. The Labute approximate surface area is 180 Å². The molecule has 3 rings (SSSR count). The zero-order chi connectivity index (χ0) is 20.1. The number of hydrogen-bond acceptors (Lipinski definition) is 5. The molecule has 0 unspecified atom stereocenters. The highest BCUT2D eigenvalue weighted by Crippen LogP contribution is 2.26. The topological polar surface area (TPSA) is 69.0 Å². The molecule has 9 heteroatoms. The lowest BCUT2D eigenvalue weighted by Gasteiger charge is -2.08. The molecule has 6 nitrogen and oxygen atoms in total. The molecule has 1 amide bonds. The Morgan fingerprint density at radius 1 is 1.29 bits per heavy atom. The van der Waals surface area contributed by atoms with E-state index < -0.39 is 0 Å². The second-order valence-corrected chi connectivity index (χ2v) is 8.23. The molecule has 0 fully saturated rings. The van der Waals surface area contributed by atoms with E-state index in [0.29, 0.717) is 28.3 Å². The fourth-order valence-corrected chi connectivity index (χ4v) is 3.51. The van der Waals surface area contributed by atoms with E-state index in [1.807, 2.05) is 42.8 Å². The van der Waals surface area contributed by atoms with Crippen LogP contribution in [0.3, 0.4) is 0 Å². The Bertz CT molecular complexity index is 996. The van der Waals surface area contributed by atoms with Crippen molar-refractivity contribution in [2.24, 2.45) is 7.05 Å². The van der Waals surface area contributed by atoms with Gasteiger partial charge in [-0.3, -0.25) is 4.79 Å². The van der Waals surface area contributed by atoms with Gasteiger partial charge in [0.15, 0.2) is 11.0 Å². The minimum Gasteiger partial charge on any atom is -0.486 e. The van der Waals surface area contributed by atoms with Gasteiger partial charge in [0.1, 0.15) is 12.4 Å². The van der Waals surface area contributed by atoms with Crippen molar-refractivity contribution in [3.8, 4) is 5.75 Å². The van der Waals surface area contributed by atoms with Gasteiger partial charge in [0.05, 0.1) is 10.8 Å². The number of nitrogens with one attached hydrogen (secondary N) is 1. The molecule has 0 atom stereocenters. The van der Waals surface area contributed by atoms with Gasteiger partial charge in [0.2, 0.25) is 5.91 Å². The number of aromatic nitrogens is 3. The predicted octanol–water partition coefficient (Wildman–Crippen LogP) is 4.85. The quantitative estimate of drug-likeness (QED) is 0.489. The van der Waals surface area contributed by atoms with Crippen molar-refractivity contribution in [1.82, 2.24) is 14.8 Å². The third-order valence-electron chi connectivity index (χ3n) is 3.82. The van der Waals surface area contributed by atoms with Gasteiger partial charge >= 0.3 is 0 Å². The van der Waals surface area contributed by atoms with Gasteiger partial charge in [-0.05, 0) is 58.7 Å². The minimum atomic E-state index is -0.149. The first-order chi connectivity index (χ1) is 13.4. The summed E-state index contributed by atoms with van der Waals surface area (Å²) in [6.45, 7) is 2.31. The highest BCUT2D eigenvalue weighted by Gasteiger charge is 2.12. The van der Waals surface area contributed by atoms with Crippen LogP contribution in [0.4, 0.5) is 5.69 Å². The van der Waals surface area contributed by atoms with Crippen LogP contribution in [0, 0.1) is 6.92 Å². The molecule has 0 aliphatic rings. The molecule has 0 aliphatic heterocycles. The van der Waals surface area contributed by atoms with Crippen LogP contribution in [0.2, 0.25) is 5.02 Å². The summed E-state index contributed by atoms with van der Waals surface area (Å²) in [5.41, 5.74) is 1.77. The number of thioether (sulfide) groups is 1. The third kappa shape index (κ3) is 5.50. The molecule has 0 bridgehead atoms. The van der Waals surface area contributed by atoms with E-state index in [1.54, 1.807) is 18.2 Å². The van der Waals surface area contributed by atoms with Gasteiger partial charge in [-0.15, -0.1) is 10.2 Å². The van der Waals surface area contributed by atoms with Gasteiger partial charge in [-0.2, -0.15) is 0 Å². The van der Waals surface area contributed by atoms with E-state index in [9.17, 15) is 4.79 Å². The molecule has 0 saturated heterocycles. The van der Waals surface area contributed by atoms with Crippen LogP contribution in [0.15, 0.2) is 52.1 Å². The molecule has 146 valence electrons. The summed E-state index contributed by atoms with van der Waals surface area (Å²) in [5.74, 6) is 1.52. The molecule has 3 aromatic rings. The fourth-order valence-electron chi connectivity index (χ4n) is 2.35. The molecule has 28 heavy (non-hydrogen) atoms. The van der Waals surface area contributed by atoms with Crippen molar-refractivity contribution in [1.29, 1.82) is 0 Å². The fraction of sp³-hybridized carbons (Fsp3) is 0.211. The maximum atomic E-state index is 12.2. The average molecular weight is 482 g/mol. The molecule has 2 aromatic carbocycles. The summed E-state index contributed by atoms with van der Waals surface area (Å²) < 4.78 is 8.37. The molecule has 1 N–H and O–H groups in total. The Balaban J connectivity index is 1.53. The first kappa shape index (κ1) is 20.7. The van der Waals surface area contributed by atoms with Crippen LogP contribution in [-0.4, -0.2) is 26.4 Å². The van der Waals surface area contributed by atoms with E-state index in [1.165, 1.54) is 11.8 Å². The number of aryl methyl sites for hydroxylation is 1. The molecule has 0 saturated carbocycles. The normalized spacial score (nSPS) is 10.7. The van der Waals surface area contributed by atoms with Crippen molar-refractivity contribution in [2.45, 2.75) is 18.7 Å². The van der Waals surface area contributed by atoms with E-state index in [2.05, 4.69) is 31.4 Å². The molecule has 1 aromatic heterocycles. The average Bonchev–Trinajstić information content (AvgIpc) is 3.01. The molecular formula is C19H18BrClN4O2S. The number of rotatable bonds is 7. The highest BCUT2D eigenvalue weighted by atomic mass is 79.9. The van der Waals surface area contributed by atoms with Gasteiger partial charge < -0.3 is 14.6 Å². The van der Waals surface area contributed by atoms with E-state index in [-0.39, 0.29) is 11.7 Å². The number of hydrogen-bond donors (Lipinski definition) is 1. The van der Waals surface area contributed by atoms with Crippen molar-refractivity contribution in [2.75, 3.05) is 11.1 Å². The standard InChI is InChI=1S/C19H18BrClN4O2S/c1-12-4-3-5-14(8-12)27-10-17-23-24-19(25(17)2)28-11-18(26)22-13-6-7-15(20)16(21)9-13/h3-9H,10-11H2,1-2H3,(H,22,26). The number of anilines is 1. The molecule has 0 spiro atoms. The van der Waals surface area contributed by atoms with Crippen LogP contribution >= 0.6 is 39.3 Å². The number of amides is 1. The van der Waals surface area contributed by atoms with Gasteiger partial charge in [-0.25, -0.2) is 0 Å². The van der Waals surface area contributed by atoms with Crippen molar-refractivity contribution >= 4 is 50.9 Å². The van der Waals surface area contributed by atoms with Gasteiger partial charge in [0, 0.05) is 17.2 Å². The van der Waals surface area contributed by atoms with Crippen LogP contribution in [0.25, 0.3) is 0 Å². The Kier molecular flexibility index (Phi) is 6.98. The number of benzene rings is 2. The summed E-state index contributed by atoms with van der Waals surface area (Å²) in [5, 5.41) is 12.3. The SMILES string of the molecule is Cc1cccc(OCc2nnc(SCC(=O)Nc3ccc(Br)c(Cl)c3)n2C)c1. The maximum Gasteiger partial charge on any atom is 0.234 e. The lowest BCUT2D eigenvalue weighted by Crippen LogP contribution is -2.14. The number of ether oxygens (including phenoxy) is 1. The molecule has 0 aliphatic carbocycles. The van der Waals surface area contributed by atoms with Crippen LogP contribution < -0.4 is 10.1 Å².